The van der Waals surface area contributed by atoms with E-state index in [9.17, 15) is 8.42 Å². The van der Waals surface area contributed by atoms with Gasteiger partial charge in [-0.3, -0.25) is 0 Å². The summed E-state index contributed by atoms with van der Waals surface area (Å²) in [6, 6.07) is 3.35. The molecular formula is C15H24N2O3S. The van der Waals surface area contributed by atoms with Gasteiger partial charge in [0.2, 0.25) is 10.0 Å². The number of rotatable bonds is 4. The van der Waals surface area contributed by atoms with Gasteiger partial charge in [0.15, 0.2) is 0 Å². The van der Waals surface area contributed by atoms with E-state index in [2.05, 4.69) is 0 Å². The SMILES string of the molecule is COc1ccc(S(=O)(=O)N2CCC(C)(CN)C2)c(C)c1C. The lowest BCUT2D eigenvalue weighted by molar-refractivity contribution is 0.349. The Hall–Kier alpha value is -1.11. The first kappa shape index (κ1) is 16.3. The quantitative estimate of drug-likeness (QED) is 0.918. The van der Waals surface area contributed by atoms with Crippen LogP contribution in [-0.4, -0.2) is 39.5 Å². The third-order valence-electron chi connectivity index (χ3n) is 4.54. The smallest absolute Gasteiger partial charge is 0.243 e. The molecule has 0 radical (unpaired) electrons. The van der Waals surface area contributed by atoms with Crippen LogP contribution in [0.5, 0.6) is 5.75 Å². The molecule has 1 unspecified atom stereocenters. The van der Waals surface area contributed by atoms with E-state index in [0.29, 0.717) is 30.3 Å². The first-order valence-corrected chi connectivity index (χ1v) is 8.53. The highest BCUT2D eigenvalue weighted by atomic mass is 32.2. The van der Waals surface area contributed by atoms with E-state index in [1.165, 1.54) is 0 Å². The molecule has 1 aliphatic rings. The Kier molecular flexibility index (Phi) is 4.33. The molecule has 118 valence electrons. The predicted molar refractivity (Wildman–Crippen MR) is 83.0 cm³/mol. The molecule has 1 aromatic rings. The van der Waals surface area contributed by atoms with Crippen molar-refractivity contribution in [2.75, 3.05) is 26.7 Å². The predicted octanol–water partition coefficient (Wildman–Crippen LogP) is 1.67. The molecule has 1 atom stereocenters. The van der Waals surface area contributed by atoms with Crippen LogP contribution in [0.1, 0.15) is 24.5 Å². The molecule has 0 spiro atoms. The number of sulfonamides is 1. The second-order valence-corrected chi connectivity index (χ2v) is 8.03. The zero-order valence-electron chi connectivity index (χ0n) is 13.1. The summed E-state index contributed by atoms with van der Waals surface area (Å²) >= 11 is 0. The van der Waals surface area contributed by atoms with Crippen LogP contribution < -0.4 is 10.5 Å². The molecule has 1 aromatic carbocycles. The summed E-state index contributed by atoms with van der Waals surface area (Å²) in [5, 5.41) is 0. The lowest BCUT2D eigenvalue weighted by atomic mass is 9.90. The Morgan fingerprint density at radius 3 is 2.52 bits per heavy atom. The van der Waals surface area contributed by atoms with Crippen molar-refractivity contribution in [3.63, 3.8) is 0 Å². The first-order chi connectivity index (χ1) is 9.75. The Morgan fingerprint density at radius 2 is 2.00 bits per heavy atom. The highest BCUT2D eigenvalue weighted by molar-refractivity contribution is 7.89. The van der Waals surface area contributed by atoms with Crippen molar-refractivity contribution in [1.29, 1.82) is 0 Å². The minimum Gasteiger partial charge on any atom is -0.496 e. The van der Waals surface area contributed by atoms with Crippen molar-refractivity contribution in [2.45, 2.75) is 32.1 Å². The normalized spacial score (nSPS) is 23.5. The minimum absolute atomic E-state index is 0.123. The molecule has 2 rings (SSSR count). The molecule has 21 heavy (non-hydrogen) atoms. The largest absolute Gasteiger partial charge is 0.496 e. The summed E-state index contributed by atoms with van der Waals surface area (Å²) in [6.07, 6.45) is 0.802. The van der Waals surface area contributed by atoms with Crippen molar-refractivity contribution >= 4 is 10.0 Å². The van der Waals surface area contributed by atoms with Gasteiger partial charge in [-0.1, -0.05) is 6.92 Å². The minimum atomic E-state index is -3.48. The zero-order chi connectivity index (χ0) is 15.8. The molecule has 0 aliphatic carbocycles. The van der Waals surface area contributed by atoms with Crippen LogP contribution in [0.25, 0.3) is 0 Å². The van der Waals surface area contributed by atoms with Crippen LogP contribution in [0.2, 0.25) is 0 Å². The Morgan fingerprint density at radius 1 is 1.33 bits per heavy atom. The van der Waals surface area contributed by atoms with Crippen molar-refractivity contribution in [2.24, 2.45) is 11.1 Å². The molecule has 1 heterocycles. The van der Waals surface area contributed by atoms with Gasteiger partial charge in [0.05, 0.1) is 12.0 Å². The van der Waals surface area contributed by atoms with Crippen LogP contribution in [0.15, 0.2) is 17.0 Å². The number of hydrogen-bond acceptors (Lipinski definition) is 4. The summed E-state index contributed by atoms with van der Waals surface area (Å²) in [5.74, 6) is 0.708. The van der Waals surface area contributed by atoms with Gasteiger partial charge >= 0.3 is 0 Å². The van der Waals surface area contributed by atoms with Gasteiger partial charge in [-0.25, -0.2) is 8.42 Å². The molecule has 0 bridgehead atoms. The molecule has 0 amide bonds. The first-order valence-electron chi connectivity index (χ1n) is 7.09. The number of nitrogens with zero attached hydrogens (tertiary/aromatic N) is 1. The fourth-order valence-electron chi connectivity index (χ4n) is 2.76. The molecular weight excluding hydrogens is 288 g/mol. The fourth-order valence-corrected chi connectivity index (χ4v) is 4.63. The van der Waals surface area contributed by atoms with E-state index >= 15 is 0 Å². The van der Waals surface area contributed by atoms with Crippen molar-refractivity contribution in [1.82, 2.24) is 4.31 Å². The van der Waals surface area contributed by atoms with Gasteiger partial charge in [0.1, 0.15) is 5.75 Å². The second kappa shape index (κ2) is 5.59. The van der Waals surface area contributed by atoms with E-state index in [-0.39, 0.29) is 5.41 Å². The summed E-state index contributed by atoms with van der Waals surface area (Å²) in [7, 11) is -1.89. The lowest BCUT2D eigenvalue weighted by Gasteiger charge is -2.23. The topological polar surface area (TPSA) is 72.6 Å². The average molecular weight is 312 g/mol. The Balaban J connectivity index is 2.40. The number of nitrogens with two attached hydrogens (primary N) is 1. The molecule has 1 fully saturated rings. The van der Waals surface area contributed by atoms with Crippen LogP contribution >= 0.6 is 0 Å². The number of benzene rings is 1. The fraction of sp³-hybridized carbons (Fsp3) is 0.600. The van der Waals surface area contributed by atoms with Crippen molar-refractivity contribution in [3.8, 4) is 5.75 Å². The van der Waals surface area contributed by atoms with Gasteiger partial charge in [-0.05, 0) is 55.5 Å². The molecule has 1 aliphatic heterocycles. The molecule has 1 saturated heterocycles. The second-order valence-electron chi connectivity index (χ2n) is 6.12. The lowest BCUT2D eigenvalue weighted by Crippen LogP contribution is -2.34. The zero-order valence-corrected chi connectivity index (χ0v) is 14.0. The number of methoxy groups -OCH3 is 1. The van der Waals surface area contributed by atoms with Gasteiger partial charge in [0.25, 0.3) is 0 Å². The van der Waals surface area contributed by atoms with Gasteiger partial charge in [0, 0.05) is 13.1 Å². The monoisotopic (exact) mass is 312 g/mol. The molecule has 2 N–H and O–H groups in total. The molecule has 0 aromatic heterocycles. The summed E-state index contributed by atoms with van der Waals surface area (Å²) in [6.45, 7) is 7.25. The highest BCUT2D eigenvalue weighted by Gasteiger charge is 2.39. The van der Waals surface area contributed by atoms with E-state index in [4.69, 9.17) is 10.5 Å². The number of hydrogen-bond donors (Lipinski definition) is 1. The summed E-state index contributed by atoms with van der Waals surface area (Å²) in [5.41, 5.74) is 7.25. The highest BCUT2D eigenvalue weighted by Crippen LogP contribution is 2.35. The maximum atomic E-state index is 12.9. The van der Waals surface area contributed by atoms with Crippen LogP contribution in [0, 0.1) is 19.3 Å². The van der Waals surface area contributed by atoms with Crippen molar-refractivity contribution < 1.29 is 13.2 Å². The van der Waals surface area contributed by atoms with E-state index in [1.807, 2.05) is 20.8 Å². The standard InChI is InChI=1S/C15H24N2O3S/c1-11-12(2)14(6-5-13(11)20-4)21(18,19)17-8-7-15(3,9-16)10-17/h5-6H,7-10,16H2,1-4H3. The molecule has 5 nitrogen and oxygen atoms in total. The average Bonchev–Trinajstić information content (AvgIpc) is 2.85. The van der Waals surface area contributed by atoms with Gasteiger partial charge in [-0.15, -0.1) is 0 Å². The van der Waals surface area contributed by atoms with Crippen LogP contribution in [0.4, 0.5) is 0 Å². The Labute approximate surface area is 127 Å². The number of ether oxygens (including phenoxy) is 1. The third-order valence-corrected chi connectivity index (χ3v) is 6.53. The van der Waals surface area contributed by atoms with Crippen molar-refractivity contribution in [3.05, 3.63) is 23.3 Å². The Bertz CT molecular complexity index is 643. The van der Waals surface area contributed by atoms with Gasteiger partial charge < -0.3 is 10.5 Å². The van der Waals surface area contributed by atoms with E-state index < -0.39 is 10.0 Å². The maximum Gasteiger partial charge on any atom is 0.243 e. The summed E-state index contributed by atoms with van der Waals surface area (Å²) in [4.78, 5) is 0.363. The van der Waals surface area contributed by atoms with E-state index in [1.54, 1.807) is 23.5 Å². The van der Waals surface area contributed by atoms with Gasteiger partial charge in [-0.2, -0.15) is 4.31 Å². The molecule has 6 heteroatoms. The molecule has 0 saturated carbocycles. The third kappa shape index (κ3) is 2.80. The van der Waals surface area contributed by atoms with E-state index in [0.717, 1.165) is 17.5 Å². The van der Waals surface area contributed by atoms with Crippen LogP contribution in [0.3, 0.4) is 0 Å². The summed E-state index contributed by atoms with van der Waals surface area (Å²) < 4.78 is 32.5. The van der Waals surface area contributed by atoms with Crippen LogP contribution in [-0.2, 0) is 10.0 Å². The maximum absolute atomic E-state index is 12.9.